The van der Waals surface area contributed by atoms with Gasteiger partial charge in [0.05, 0.1) is 5.69 Å². The lowest BCUT2D eigenvalue weighted by Crippen LogP contribution is -2.08. The van der Waals surface area contributed by atoms with E-state index in [2.05, 4.69) is 10.3 Å². The van der Waals surface area contributed by atoms with Crippen molar-refractivity contribution in [3.8, 4) is 5.75 Å². The number of ether oxygens (including phenoxy) is 1. The maximum atomic E-state index is 13.2. The topological polar surface area (TPSA) is 34.1 Å². The van der Waals surface area contributed by atoms with Crippen LogP contribution < -0.4 is 10.1 Å². The van der Waals surface area contributed by atoms with Gasteiger partial charge in [-0.05, 0) is 43.8 Å². The first-order chi connectivity index (χ1) is 9.20. The minimum atomic E-state index is -0.258. The molecule has 2 aromatic rings. The molecule has 0 radical (unpaired) electrons. The van der Waals surface area contributed by atoms with Crippen LogP contribution in [0.15, 0.2) is 36.5 Å². The Bertz CT molecular complexity index is 558. The molecule has 0 unspecified atom stereocenters. The molecule has 0 bridgehead atoms. The standard InChI is InChI=1S/C15H17FN2O/c1-11-4-3-7-18-14(11)10-19-15-6-5-13(16)8-12(15)9-17-2/h3-8,17H,9-10H2,1-2H3. The Hall–Kier alpha value is -1.94. The molecule has 2 rings (SSSR count). The van der Waals surface area contributed by atoms with Crippen LogP contribution in [0.25, 0.3) is 0 Å². The number of halogens is 1. The normalized spacial score (nSPS) is 10.5. The highest BCUT2D eigenvalue weighted by Crippen LogP contribution is 2.21. The molecule has 100 valence electrons. The molecule has 0 atom stereocenters. The third-order valence-corrected chi connectivity index (χ3v) is 2.87. The van der Waals surface area contributed by atoms with Crippen molar-refractivity contribution >= 4 is 0 Å². The first-order valence-electron chi connectivity index (χ1n) is 6.17. The predicted molar refractivity (Wildman–Crippen MR) is 72.5 cm³/mol. The molecular formula is C15H17FN2O. The predicted octanol–water partition coefficient (Wildman–Crippen LogP) is 2.83. The van der Waals surface area contributed by atoms with Crippen LogP contribution in [0.4, 0.5) is 4.39 Å². The third kappa shape index (κ3) is 3.51. The minimum Gasteiger partial charge on any atom is -0.487 e. The van der Waals surface area contributed by atoms with Gasteiger partial charge >= 0.3 is 0 Å². The van der Waals surface area contributed by atoms with Crippen molar-refractivity contribution in [2.24, 2.45) is 0 Å². The maximum absolute atomic E-state index is 13.2. The van der Waals surface area contributed by atoms with E-state index in [9.17, 15) is 4.39 Å². The summed E-state index contributed by atoms with van der Waals surface area (Å²) in [6.45, 7) is 2.94. The van der Waals surface area contributed by atoms with E-state index in [0.717, 1.165) is 16.8 Å². The van der Waals surface area contributed by atoms with Gasteiger partial charge in [-0.25, -0.2) is 4.39 Å². The molecule has 3 nitrogen and oxygen atoms in total. The van der Waals surface area contributed by atoms with Crippen LogP contribution in [0.5, 0.6) is 5.75 Å². The van der Waals surface area contributed by atoms with E-state index in [1.54, 1.807) is 12.3 Å². The van der Waals surface area contributed by atoms with Gasteiger partial charge in [0.15, 0.2) is 0 Å². The lowest BCUT2D eigenvalue weighted by Gasteiger charge is -2.12. The lowest BCUT2D eigenvalue weighted by atomic mass is 10.2. The molecule has 0 saturated heterocycles. The molecule has 0 saturated carbocycles. The molecule has 0 aliphatic heterocycles. The van der Waals surface area contributed by atoms with Gasteiger partial charge in [-0.15, -0.1) is 0 Å². The number of pyridine rings is 1. The highest BCUT2D eigenvalue weighted by atomic mass is 19.1. The van der Waals surface area contributed by atoms with Crippen LogP contribution in [0.2, 0.25) is 0 Å². The molecule has 0 spiro atoms. The van der Waals surface area contributed by atoms with Gasteiger partial charge in [-0.3, -0.25) is 4.98 Å². The van der Waals surface area contributed by atoms with E-state index in [-0.39, 0.29) is 5.82 Å². The molecule has 4 heteroatoms. The zero-order valence-corrected chi connectivity index (χ0v) is 11.1. The first-order valence-corrected chi connectivity index (χ1v) is 6.17. The number of aromatic nitrogens is 1. The van der Waals surface area contributed by atoms with Crippen LogP contribution in [0.3, 0.4) is 0 Å². The zero-order valence-electron chi connectivity index (χ0n) is 11.1. The van der Waals surface area contributed by atoms with Crippen molar-refractivity contribution < 1.29 is 9.13 Å². The number of hydrogen-bond acceptors (Lipinski definition) is 3. The number of nitrogens with one attached hydrogen (secondary N) is 1. The van der Waals surface area contributed by atoms with E-state index < -0.39 is 0 Å². The average Bonchev–Trinajstić information content (AvgIpc) is 2.40. The number of rotatable bonds is 5. The monoisotopic (exact) mass is 260 g/mol. The Kier molecular flexibility index (Phi) is 4.47. The lowest BCUT2D eigenvalue weighted by molar-refractivity contribution is 0.296. The summed E-state index contributed by atoms with van der Waals surface area (Å²) in [5.41, 5.74) is 2.78. The fraction of sp³-hybridized carbons (Fsp3) is 0.267. The third-order valence-electron chi connectivity index (χ3n) is 2.87. The van der Waals surface area contributed by atoms with E-state index >= 15 is 0 Å². The molecule has 0 amide bonds. The molecule has 0 fully saturated rings. The highest BCUT2D eigenvalue weighted by Gasteiger charge is 2.06. The van der Waals surface area contributed by atoms with Crippen LogP contribution >= 0.6 is 0 Å². The second kappa shape index (κ2) is 6.29. The van der Waals surface area contributed by atoms with Gasteiger partial charge < -0.3 is 10.1 Å². The minimum absolute atomic E-state index is 0.258. The van der Waals surface area contributed by atoms with Gasteiger partial charge in [-0.2, -0.15) is 0 Å². The van der Waals surface area contributed by atoms with Crippen molar-refractivity contribution in [3.63, 3.8) is 0 Å². The number of benzene rings is 1. The molecule has 1 aromatic carbocycles. The summed E-state index contributed by atoms with van der Waals surface area (Å²) < 4.78 is 18.9. The average molecular weight is 260 g/mol. The zero-order chi connectivity index (χ0) is 13.7. The Morgan fingerprint density at radius 2 is 2.16 bits per heavy atom. The van der Waals surface area contributed by atoms with Crippen LogP contribution in [0, 0.1) is 12.7 Å². The summed E-state index contributed by atoms with van der Waals surface area (Å²) in [5.74, 6) is 0.424. The first kappa shape index (κ1) is 13.5. The quantitative estimate of drug-likeness (QED) is 0.897. The Morgan fingerprint density at radius 3 is 2.89 bits per heavy atom. The summed E-state index contributed by atoms with van der Waals surface area (Å²) in [6, 6.07) is 8.42. The van der Waals surface area contributed by atoms with Gasteiger partial charge in [0, 0.05) is 18.3 Å². The number of aryl methyl sites for hydroxylation is 1. The van der Waals surface area contributed by atoms with Gasteiger partial charge in [0.1, 0.15) is 18.2 Å². The number of nitrogens with zero attached hydrogens (tertiary/aromatic N) is 1. The molecule has 19 heavy (non-hydrogen) atoms. The molecule has 1 aromatic heterocycles. The summed E-state index contributed by atoms with van der Waals surface area (Å²) in [6.07, 6.45) is 1.74. The number of hydrogen-bond donors (Lipinski definition) is 1. The van der Waals surface area contributed by atoms with Gasteiger partial charge in [0.25, 0.3) is 0 Å². The summed E-state index contributed by atoms with van der Waals surface area (Å²) in [7, 11) is 1.82. The van der Waals surface area contributed by atoms with E-state index in [0.29, 0.717) is 18.9 Å². The maximum Gasteiger partial charge on any atom is 0.130 e. The second-order valence-corrected chi connectivity index (χ2v) is 4.34. The van der Waals surface area contributed by atoms with E-state index in [1.165, 1.54) is 12.1 Å². The second-order valence-electron chi connectivity index (χ2n) is 4.34. The molecule has 0 aliphatic carbocycles. The van der Waals surface area contributed by atoms with Crippen molar-refractivity contribution in [2.45, 2.75) is 20.1 Å². The Balaban J connectivity index is 2.13. The summed E-state index contributed by atoms with van der Waals surface area (Å²) in [5, 5.41) is 3.00. The highest BCUT2D eigenvalue weighted by molar-refractivity contribution is 5.34. The SMILES string of the molecule is CNCc1cc(F)ccc1OCc1ncccc1C. The van der Waals surface area contributed by atoms with Gasteiger partial charge in [0.2, 0.25) is 0 Å². The van der Waals surface area contributed by atoms with Crippen molar-refractivity contribution in [3.05, 3.63) is 59.2 Å². The van der Waals surface area contributed by atoms with Crippen LogP contribution in [-0.2, 0) is 13.2 Å². The van der Waals surface area contributed by atoms with Crippen LogP contribution in [-0.4, -0.2) is 12.0 Å². The van der Waals surface area contributed by atoms with Crippen molar-refractivity contribution in [1.29, 1.82) is 0 Å². The van der Waals surface area contributed by atoms with E-state index in [4.69, 9.17) is 4.74 Å². The summed E-state index contributed by atoms with van der Waals surface area (Å²) in [4.78, 5) is 4.27. The fourth-order valence-corrected chi connectivity index (χ4v) is 1.83. The molecule has 1 N–H and O–H groups in total. The largest absolute Gasteiger partial charge is 0.487 e. The fourth-order valence-electron chi connectivity index (χ4n) is 1.83. The molecule has 1 heterocycles. The Labute approximate surface area is 112 Å². The molecular weight excluding hydrogens is 243 g/mol. The van der Waals surface area contributed by atoms with E-state index in [1.807, 2.05) is 26.1 Å². The van der Waals surface area contributed by atoms with Crippen molar-refractivity contribution in [1.82, 2.24) is 10.3 Å². The Morgan fingerprint density at radius 1 is 1.32 bits per heavy atom. The van der Waals surface area contributed by atoms with Crippen LogP contribution in [0.1, 0.15) is 16.8 Å². The van der Waals surface area contributed by atoms with Gasteiger partial charge in [-0.1, -0.05) is 6.07 Å². The molecule has 0 aliphatic rings. The smallest absolute Gasteiger partial charge is 0.130 e. The van der Waals surface area contributed by atoms with Crippen molar-refractivity contribution in [2.75, 3.05) is 7.05 Å². The summed E-state index contributed by atoms with van der Waals surface area (Å²) >= 11 is 0.